The SMILES string of the molecule is CC=C(CC)C1(C(C)C)C(=O)N=C([O-])NC1=O.[Na+]. The molecule has 0 saturated heterocycles. The number of amides is 2. The van der Waals surface area contributed by atoms with Gasteiger partial charge in [0, 0.05) is 0 Å². The van der Waals surface area contributed by atoms with Crippen molar-refractivity contribution in [3.63, 3.8) is 0 Å². The number of hydrogen-bond donors (Lipinski definition) is 1. The molecule has 0 fully saturated rings. The molecule has 2 amide bonds. The van der Waals surface area contributed by atoms with Crippen molar-refractivity contribution in [3.8, 4) is 0 Å². The fourth-order valence-electron chi connectivity index (χ4n) is 2.37. The van der Waals surface area contributed by atoms with Gasteiger partial charge in [-0.3, -0.25) is 9.59 Å². The van der Waals surface area contributed by atoms with Gasteiger partial charge in [0.05, 0.1) is 6.02 Å². The van der Waals surface area contributed by atoms with Crippen LogP contribution in [0.25, 0.3) is 0 Å². The zero-order chi connectivity index (χ0) is 13.2. The van der Waals surface area contributed by atoms with E-state index in [1.54, 1.807) is 26.8 Å². The van der Waals surface area contributed by atoms with Crippen LogP contribution in [0.1, 0.15) is 34.1 Å². The number of rotatable bonds is 3. The summed E-state index contributed by atoms with van der Waals surface area (Å²) in [5.74, 6) is -1.47. The standard InChI is InChI=1S/C12H18N2O3.Na/c1-5-8(6-2)12(7(3)4)9(15)13-11(17)14-10(12)16;/h5,7H,6H2,1-4H3,(H2,13,14,15,16,17);/q;+1/p-1. The summed E-state index contributed by atoms with van der Waals surface area (Å²) in [6.45, 7) is 7.21. The molecule has 1 aliphatic rings. The molecule has 0 aromatic carbocycles. The van der Waals surface area contributed by atoms with Gasteiger partial charge in [-0.25, -0.2) is 4.99 Å². The molecule has 5 nitrogen and oxygen atoms in total. The van der Waals surface area contributed by atoms with Crippen LogP contribution in [0, 0.1) is 11.3 Å². The first-order valence-corrected chi connectivity index (χ1v) is 5.68. The summed E-state index contributed by atoms with van der Waals surface area (Å²) >= 11 is 0. The zero-order valence-electron chi connectivity index (χ0n) is 11.5. The monoisotopic (exact) mass is 260 g/mol. The van der Waals surface area contributed by atoms with Gasteiger partial charge in [-0.15, -0.1) is 0 Å². The summed E-state index contributed by atoms with van der Waals surface area (Å²) in [6, 6.07) is -0.872. The van der Waals surface area contributed by atoms with E-state index in [9.17, 15) is 14.7 Å². The Morgan fingerprint density at radius 1 is 1.50 bits per heavy atom. The van der Waals surface area contributed by atoms with Gasteiger partial charge in [0.25, 0.3) is 5.91 Å². The van der Waals surface area contributed by atoms with Crippen molar-refractivity contribution < 1.29 is 44.3 Å². The topological polar surface area (TPSA) is 81.6 Å². The molecule has 1 aliphatic heterocycles. The maximum atomic E-state index is 12.1. The van der Waals surface area contributed by atoms with Crippen molar-refractivity contribution in [2.45, 2.75) is 34.1 Å². The molecule has 0 radical (unpaired) electrons. The molecule has 0 aromatic heterocycles. The van der Waals surface area contributed by atoms with Crippen molar-refractivity contribution in [1.29, 1.82) is 0 Å². The van der Waals surface area contributed by atoms with Gasteiger partial charge >= 0.3 is 29.6 Å². The van der Waals surface area contributed by atoms with Gasteiger partial charge in [-0.05, 0) is 24.8 Å². The first-order valence-electron chi connectivity index (χ1n) is 5.68. The molecule has 6 heteroatoms. The van der Waals surface area contributed by atoms with Gasteiger partial charge in [-0.2, -0.15) is 0 Å². The second-order valence-corrected chi connectivity index (χ2v) is 4.31. The van der Waals surface area contributed by atoms with Crippen LogP contribution in [0.5, 0.6) is 0 Å². The van der Waals surface area contributed by atoms with Gasteiger partial charge in [0.2, 0.25) is 5.91 Å². The van der Waals surface area contributed by atoms with E-state index < -0.39 is 23.3 Å². The van der Waals surface area contributed by atoms with Crippen LogP contribution in [0.3, 0.4) is 0 Å². The number of allylic oxidation sites excluding steroid dienone is 1. The Morgan fingerprint density at radius 3 is 2.39 bits per heavy atom. The van der Waals surface area contributed by atoms with E-state index in [-0.39, 0.29) is 35.5 Å². The van der Waals surface area contributed by atoms with E-state index in [1.807, 2.05) is 6.92 Å². The van der Waals surface area contributed by atoms with Crippen LogP contribution >= 0.6 is 0 Å². The van der Waals surface area contributed by atoms with Crippen molar-refractivity contribution in [2.75, 3.05) is 0 Å². The largest absolute Gasteiger partial charge is 1.00 e. The Morgan fingerprint density at radius 2 is 2.06 bits per heavy atom. The Hall–Kier alpha value is -0.650. The van der Waals surface area contributed by atoms with Gasteiger partial charge in [-0.1, -0.05) is 26.8 Å². The van der Waals surface area contributed by atoms with Gasteiger partial charge in [0.1, 0.15) is 0 Å². The zero-order valence-corrected chi connectivity index (χ0v) is 13.5. The second-order valence-electron chi connectivity index (χ2n) is 4.31. The third-order valence-electron chi connectivity index (χ3n) is 3.22. The Balaban J connectivity index is 0.00000289. The Labute approximate surface area is 129 Å². The van der Waals surface area contributed by atoms with Crippen LogP contribution in [0.4, 0.5) is 0 Å². The molecular formula is C12H17N2NaO3. The number of amidine groups is 1. The summed E-state index contributed by atoms with van der Waals surface area (Å²) in [7, 11) is 0. The molecule has 0 spiro atoms. The number of carbonyl (C=O) groups is 2. The number of aliphatic imine (C=N–C) groups is 1. The molecule has 18 heavy (non-hydrogen) atoms. The summed E-state index contributed by atoms with van der Waals surface area (Å²) in [6.07, 6.45) is 2.32. The average Bonchev–Trinajstić information content (AvgIpc) is 2.22. The average molecular weight is 260 g/mol. The van der Waals surface area contributed by atoms with Crippen LogP contribution in [-0.2, 0) is 9.59 Å². The van der Waals surface area contributed by atoms with Crippen LogP contribution in [0.2, 0.25) is 0 Å². The van der Waals surface area contributed by atoms with E-state index in [2.05, 4.69) is 10.3 Å². The third kappa shape index (κ3) is 2.53. The maximum Gasteiger partial charge on any atom is 1.00 e. The fraction of sp³-hybridized carbons (Fsp3) is 0.583. The van der Waals surface area contributed by atoms with Crippen molar-refractivity contribution >= 4 is 17.8 Å². The fourth-order valence-corrected chi connectivity index (χ4v) is 2.37. The number of nitrogens with zero attached hydrogens (tertiary/aromatic N) is 1. The summed E-state index contributed by atoms with van der Waals surface area (Å²) in [4.78, 5) is 27.5. The number of hydrogen-bond acceptors (Lipinski definition) is 3. The predicted octanol–water partition coefficient (Wildman–Crippen LogP) is -2.64. The van der Waals surface area contributed by atoms with E-state index >= 15 is 0 Å². The minimum absolute atomic E-state index is 0. The van der Waals surface area contributed by atoms with Gasteiger partial charge in [0.15, 0.2) is 5.41 Å². The molecule has 1 unspecified atom stereocenters. The number of carbonyl (C=O) groups excluding carboxylic acids is 2. The first-order chi connectivity index (χ1) is 7.91. The summed E-state index contributed by atoms with van der Waals surface area (Å²) in [5, 5.41) is 13.2. The van der Waals surface area contributed by atoms with Crippen molar-refractivity contribution in [3.05, 3.63) is 11.6 Å². The quantitative estimate of drug-likeness (QED) is 0.342. The minimum atomic E-state index is -1.32. The predicted molar refractivity (Wildman–Crippen MR) is 61.9 cm³/mol. The van der Waals surface area contributed by atoms with E-state index in [0.717, 1.165) is 0 Å². The van der Waals surface area contributed by atoms with Crippen LogP contribution in [0.15, 0.2) is 16.6 Å². The third-order valence-corrected chi connectivity index (χ3v) is 3.22. The molecule has 0 saturated carbocycles. The van der Waals surface area contributed by atoms with Crippen molar-refractivity contribution in [1.82, 2.24) is 5.32 Å². The van der Waals surface area contributed by atoms with Crippen molar-refractivity contribution in [2.24, 2.45) is 16.3 Å². The van der Waals surface area contributed by atoms with E-state index in [4.69, 9.17) is 0 Å². The Bertz CT molecular complexity index is 416. The first kappa shape index (κ1) is 17.4. The van der Waals surface area contributed by atoms with E-state index in [0.29, 0.717) is 12.0 Å². The minimum Gasteiger partial charge on any atom is -0.846 e. The molecule has 0 aromatic rings. The molecule has 1 N–H and O–H groups in total. The second kappa shape index (κ2) is 6.50. The summed E-state index contributed by atoms with van der Waals surface area (Å²) in [5.41, 5.74) is -0.622. The Kier molecular flexibility index (Phi) is 6.26. The normalized spacial score (nSPS) is 24.5. The van der Waals surface area contributed by atoms with E-state index in [1.165, 1.54) is 0 Å². The van der Waals surface area contributed by atoms with Crippen LogP contribution in [-0.4, -0.2) is 17.8 Å². The molecule has 0 bridgehead atoms. The summed E-state index contributed by atoms with van der Waals surface area (Å²) < 4.78 is 0. The molecule has 1 rings (SSSR count). The maximum absolute atomic E-state index is 12.1. The van der Waals surface area contributed by atoms with Gasteiger partial charge < -0.3 is 10.4 Å². The van der Waals surface area contributed by atoms with Crippen LogP contribution < -0.4 is 40.0 Å². The molecule has 1 heterocycles. The molecule has 94 valence electrons. The molecule has 0 aliphatic carbocycles. The molecule has 1 atom stereocenters. The number of nitrogens with one attached hydrogen (secondary N) is 1. The molecular weight excluding hydrogens is 243 g/mol. The smallest absolute Gasteiger partial charge is 0.846 e.